The number of carbonyl (C=O) groups is 3. The van der Waals surface area contributed by atoms with Gasteiger partial charge in [0.1, 0.15) is 18.1 Å². The first-order chi connectivity index (χ1) is 19.3. The van der Waals surface area contributed by atoms with Gasteiger partial charge in [-0.15, -0.1) is 0 Å². The molecule has 0 radical (unpaired) electrons. The number of nitrogens with zero attached hydrogens (tertiary/aromatic N) is 2. The maximum absolute atomic E-state index is 13.4. The number of ether oxygens (including phenoxy) is 1. The molecule has 40 heavy (non-hydrogen) atoms. The maximum Gasteiger partial charge on any atom is 0.300 e. The van der Waals surface area contributed by atoms with Gasteiger partial charge in [-0.3, -0.25) is 24.3 Å². The average molecular weight is 534 g/mol. The van der Waals surface area contributed by atoms with Gasteiger partial charge in [0.05, 0.1) is 11.6 Å². The van der Waals surface area contributed by atoms with Crippen LogP contribution in [0, 0.1) is 6.92 Å². The van der Waals surface area contributed by atoms with Gasteiger partial charge in [0.15, 0.2) is 0 Å². The van der Waals surface area contributed by atoms with E-state index in [4.69, 9.17) is 4.74 Å². The Bertz CT molecular complexity index is 1600. The van der Waals surface area contributed by atoms with Crippen molar-refractivity contribution in [2.24, 2.45) is 0 Å². The van der Waals surface area contributed by atoms with E-state index in [1.807, 2.05) is 37.3 Å². The third-order valence-electron chi connectivity index (χ3n) is 6.62. The molecule has 8 heteroatoms. The average Bonchev–Trinajstić information content (AvgIpc) is 3.23. The van der Waals surface area contributed by atoms with Crippen molar-refractivity contribution >= 4 is 34.7 Å². The van der Waals surface area contributed by atoms with E-state index < -0.39 is 17.7 Å². The van der Waals surface area contributed by atoms with E-state index in [0.29, 0.717) is 34.9 Å². The number of aromatic nitrogens is 1. The van der Waals surface area contributed by atoms with Crippen molar-refractivity contribution < 1.29 is 24.2 Å². The molecule has 1 saturated heterocycles. The molecule has 1 aliphatic rings. The van der Waals surface area contributed by atoms with Crippen molar-refractivity contribution in [2.45, 2.75) is 26.5 Å². The van der Waals surface area contributed by atoms with Gasteiger partial charge in [-0.1, -0.05) is 30.3 Å². The second-order valence-electron chi connectivity index (χ2n) is 9.43. The molecule has 1 unspecified atom stereocenters. The number of pyridine rings is 1. The Balaban J connectivity index is 1.52. The highest BCUT2D eigenvalue weighted by molar-refractivity contribution is 6.51. The summed E-state index contributed by atoms with van der Waals surface area (Å²) in [5.74, 6) is -1.43. The van der Waals surface area contributed by atoms with Gasteiger partial charge in [0.2, 0.25) is 5.91 Å². The number of carbonyl (C=O) groups excluding carboxylic acids is 3. The first-order valence-corrected chi connectivity index (χ1v) is 12.7. The molecular formula is C32H27N3O5. The van der Waals surface area contributed by atoms with Crippen molar-refractivity contribution in [3.8, 4) is 5.75 Å². The van der Waals surface area contributed by atoms with Gasteiger partial charge < -0.3 is 15.2 Å². The summed E-state index contributed by atoms with van der Waals surface area (Å²) in [6, 6.07) is 24.0. The summed E-state index contributed by atoms with van der Waals surface area (Å²) in [4.78, 5) is 43.6. The summed E-state index contributed by atoms with van der Waals surface area (Å²) in [5.41, 5.74) is 3.76. The third kappa shape index (κ3) is 5.33. The van der Waals surface area contributed by atoms with E-state index in [-0.39, 0.29) is 17.2 Å². The number of aryl methyl sites for hydroxylation is 1. The zero-order chi connectivity index (χ0) is 28.2. The van der Waals surface area contributed by atoms with Crippen LogP contribution in [-0.2, 0) is 21.0 Å². The molecule has 0 spiro atoms. The van der Waals surface area contributed by atoms with E-state index in [2.05, 4.69) is 10.3 Å². The highest BCUT2D eigenvalue weighted by Crippen LogP contribution is 2.42. The predicted octanol–water partition coefficient (Wildman–Crippen LogP) is 5.55. The maximum atomic E-state index is 13.4. The number of aliphatic hydroxyl groups excluding tert-OH is 1. The Morgan fingerprint density at radius 1 is 0.975 bits per heavy atom. The molecule has 1 aliphatic heterocycles. The highest BCUT2D eigenvalue weighted by atomic mass is 16.5. The number of aliphatic hydroxyl groups is 1. The SMILES string of the molecule is CC(=O)Nc1ccc(N2C(=O)C(=O)/C(=C(\O)c3ccc(OCc4ccccc4)c(C)c3)C2c2ccncc2)cc1. The second kappa shape index (κ2) is 11.2. The molecule has 3 aromatic carbocycles. The summed E-state index contributed by atoms with van der Waals surface area (Å²) in [5, 5.41) is 14.1. The quantitative estimate of drug-likeness (QED) is 0.183. The van der Waals surface area contributed by atoms with Crippen LogP contribution < -0.4 is 15.0 Å². The number of hydrogen-bond donors (Lipinski definition) is 2. The summed E-state index contributed by atoms with van der Waals surface area (Å²) in [6.07, 6.45) is 3.14. The van der Waals surface area contributed by atoms with Crippen molar-refractivity contribution in [3.63, 3.8) is 0 Å². The summed E-state index contributed by atoms with van der Waals surface area (Å²) < 4.78 is 5.96. The van der Waals surface area contributed by atoms with Gasteiger partial charge in [0.25, 0.3) is 11.7 Å². The van der Waals surface area contributed by atoms with Crippen LogP contribution in [0.3, 0.4) is 0 Å². The lowest BCUT2D eigenvalue weighted by molar-refractivity contribution is -0.132. The van der Waals surface area contributed by atoms with Gasteiger partial charge in [-0.05, 0) is 78.2 Å². The molecule has 1 atom stereocenters. The van der Waals surface area contributed by atoms with Crippen LogP contribution in [0.25, 0.3) is 5.76 Å². The summed E-state index contributed by atoms with van der Waals surface area (Å²) in [6.45, 7) is 3.65. The fourth-order valence-electron chi connectivity index (χ4n) is 4.72. The van der Waals surface area contributed by atoms with Gasteiger partial charge in [-0.2, -0.15) is 0 Å². The zero-order valence-corrected chi connectivity index (χ0v) is 22.0. The third-order valence-corrected chi connectivity index (χ3v) is 6.62. The van der Waals surface area contributed by atoms with Crippen LogP contribution in [0.15, 0.2) is 103 Å². The molecule has 0 aliphatic carbocycles. The number of anilines is 2. The monoisotopic (exact) mass is 533 g/mol. The fourth-order valence-corrected chi connectivity index (χ4v) is 4.72. The number of hydrogen-bond acceptors (Lipinski definition) is 6. The molecular weight excluding hydrogens is 506 g/mol. The number of Topliss-reactive ketones (excluding diaryl/α,β-unsaturated/α-hetero) is 1. The second-order valence-corrected chi connectivity index (χ2v) is 9.43. The standard InChI is InChI=1S/C32H27N3O5/c1-20-18-24(8-13-27(20)40-19-22-6-4-3-5-7-22)30(37)28-29(23-14-16-33-17-15-23)35(32(39)31(28)38)26-11-9-25(10-12-26)34-21(2)36/h3-18,29,37H,19H2,1-2H3,(H,34,36)/b30-28-. The van der Waals surface area contributed by atoms with Crippen LogP contribution in [0.1, 0.15) is 35.2 Å². The minimum absolute atomic E-state index is 0.0282. The molecule has 0 saturated carbocycles. The van der Waals surface area contributed by atoms with Crippen LogP contribution in [-0.4, -0.2) is 27.7 Å². The molecule has 1 fully saturated rings. The molecule has 1 aromatic heterocycles. The molecule has 2 N–H and O–H groups in total. The molecule has 2 amide bonds. The van der Waals surface area contributed by atoms with Crippen LogP contribution in [0.4, 0.5) is 11.4 Å². The van der Waals surface area contributed by atoms with E-state index in [0.717, 1.165) is 11.1 Å². The van der Waals surface area contributed by atoms with E-state index in [9.17, 15) is 19.5 Å². The lowest BCUT2D eigenvalue weighted by Crippen LogP contribution is -2.29. The molecule has 8 nitrogen and oxygen atoms in total. The number of benzene rings is 3. The minimum atomic E-state index is -0.885. The van der Waals surface area contributed by atoms with E-state index in [1.165, 1.54) is 11.8 Å². The normalized spacial score (nSPS) is 16.1. The molecule has 5 rings (SSSR count). The Hall–Kier alpha value is -5.24. The first kappa shape index (κ1) is 26.4. The van der Waals surface area contributed by atoms with Crippen LogP contribution >= 0.6 is 0 Å². The first-order valence-electron chi connectivity index (χ1n) is 12.7. The lowest BCUT2D eigenvalue weighted by atomic mass is 9.95. The Kier molecular flexibility index (Phi) is 7.41. The number of nitrogens with one attached hydrogen (secondary N) is 1. The molecule has 0 bridgehead atoms. The predicted molar refractivity (Wildman–Crippen MR) is 152 cm³/mol. The highest BCUT2D eigenvalue weighted by Gasteiger charge is 2.47. The Morgan fingerprint density at radius 2 is 1.68 bits per heavy atom. The van der Waals surface area contributed by atoms with Gasteiger partial charge in [-0.25, -0.2) is 0 Å². The largest absolute Gasteiger partial charge is 0.507 e. The van der Waals surface area contributed by atoms with Gasteiger partial charge >= 0.3 is 0 Å². The lowest BCUT2D eigenvalue weighted by Gasteiger charge is -2.25. The topological polar surface area (TPSA) is 109 Å². The van der Waals surface area contributed by atoms with Crippen molar-refractivity contribution in [1.29, 1.82) is 0 Å². The van der Waals surface area contributed by atoms with Gasteiger partial charge in [0, 0.05) is 36.3 Å². The number of ketones is 1. The van der Waals surface area contributed by atoms with Crippen LogP contribution in [0.5, 0.6) is 5.75 Å². The Labute approximate surface area is 231 Å². The summed E-state index contributed by atoms with van der Waals surface area (Å²) in [7, 11) is 0. The van der Waals surface area contributed by atoms with Crippen molar-refractivity contribution in [1.82, 2.24) is 4.98 Å². The molecule has 200 valence electrons. The molecule has 4 aromatic rings. The Morgan fingerprint density at radius 3 is 2.33 bits per heavy atom. The number of rotatable bonds is 7. The fraction of sp³-hybridized carbons (Fsp3) is 0.125. The minimum Gasteiger partial charge on any atom is -0.507 e. The summed E-state index contributed by atoms with van der Waals surface area (Å²) >= 11 is 0. The smallest absolute Gasteiger partial charge is 0.300 e. The van der Waals surface area contributed by atoms with Crippen molar-refractivity contribution in [2.75, 3.05) is 10.2 Å². The zero-order valence-electron chi connectivity index (χ0n) is 22.0. The van der Waals surface area contributed by atoms with Crippen LogP contribution in [0.2, 0.25) is 0 Å². The van der Waals surface area contributed by atoms with E-state index in [1.54, 1.807) is 67.0 Å². The molecule has 2 heterocycles. The number of amides is 2. The van der Waals surface area contributed by atoms with Crippen molar-refractivity contribution in [3.05, 3.63) is 125 Å². The van der Waals surface area contributed by atoms with E-state index >= 15 is 0 Å².